The predicted molar refractivity (Wildman–Crippen MR) is 89.2 cm³/mol. The minimum Gasteiger partial charge on any atom is -0.359 e. The molecule has 2 N–H and O–H groups in total. The molecule has 0 radical (unpaired) electrons. The molecule has 1 amide bonds. The molecule has 1 aromatic heterocycles. The van der Waals surface area contributed by atoms with E-state index in [4.69, 9.17) is 0 Å². The SMILES string of the molecule is CC1=C(Nc2cccc(C(=O)Nc3ccncc3)c2)CCC1=O. The quantitative estimate of drug-likeness (QED) is 0.908. The van der Waals surface area contributed by atoms with Gasteiger partial charge < -0.3 is 10.6 Å². The van der Waals surface area contributed by atoms with Gasteiger partial charge >= 0.3 is 0 Å². The van der Waals surface area contributed by atoms with Crippen LogP contribution >= 0.6 is 0 Å². The van der Waals surface area contributed by atoms with Gasteiger partial charge in [0.1, 0.15) is 0 Å². The molecular formula is C18H17N3O2. The van der Waals surface area contributed by atoms with E-state index in [1.807, 2.05) is 19.1 Å². The lowest BCUT2D eigenvalue weighted by atomic mass is 10.1. The van der Waals surface area contributed by atoms with Gasteiger partial charge in [-0.15, -0.1) is 0 Å². The molecule has 3 rings (SSSR count). The fourth-order valence-corrected chi connectivity index (χ4v) is 2.49. The first-order valence-electron chi connectivity index (χ1n) is 7.45. The molecule has 0 fully saturated rings. The molecule has 1 heterocycles. The number of anilines is 2. The molecule has 0 spiro atoms. The molecule has 116 valence electrons. The summed E-state index contributed by atoms with van der Waals surface area (Å²) < 4.78 is 0. The fourth-order valence-electron chi connectivity index (χ4n) is 2.49. The maximum atomic E-state index is 12.3. The van der Waals surface area contributed by atoms with Crippen LogP contribution in [0.1, 0.15) is 30.1 Å². The maximum absolute atomic E-state index is 12.3. The summed E-state index contributed by atoms with van der Waals surface area (Å²) in [6, 6.07) is 10.7. The van der Waals surface area contributed by atoms with E-state index >= 15 is 0 Å². The Bertz CT molecular complexity index is 782. The van der Waals surface area contributed by atoms with Crippen molar-refractivity contribution in [3.8, 4) is 0 Å². The van der Waals surface area contributed by atoms with Crippen molar-refractivity contribution in [2.75, 3.05) is 10.6 Å². The van der Waals surface area contributed by atoms with E-state index in [0.717, 1.165) is 23.4 Å². The maximum Gasteiger partial charge on any atom is 0.255 e. The van der Waals surface area contributed by atoms with Gasteiger partial charge in [-0.1, -0.05) is 6.07 Å². The number of pyridine rings is 1. The van der Waals surface area contributed by atoms with Crippen LogP contribution < -0.4 is 10.6 Å². The van der Waals surface area contributed by atoms with Gasteiger partial charge in [-0.2, -0.15) is 0 Å². The zero-order valence-corrected chi connectivity index (χ0v) is 12.8. The molecule has 1 aliphatic carbocycles. The van der Waals surface area contributed by atoms with Gasteiger partial charge in [0.05, 0.1) is 0 Å². The van der Waals surface area contributed by atoms with E-state index in [2.05, 4.69) is 15.6 Å². The number of nitrogens with one attached hydrogen (secondary N) is 2. The lowest BCUT2D eigenvalue weighted by Gasteiger charge is -2.10. The summed E-state index contributed by atoms with van der Waals surface area (Å²) in [6.07, 6.45) is 4.52. The van der Waals surface area contributed by atoms with Crippen LogP contribution in [0.25, 0.3) is 0 Å². The number of hydrogen-bond acceptors (Lipinski definition) is 4. The Morgan fingerprint density at radius 2 is 1.87 bits per heavy atom. The minimum atomic E-state index is -0.187. The summed E-state index contributed by atoms with van der Waals surface area (Å²) in [5, 5.41) is 6.07. The number of nitrogens with zero attached hydrogens (tertiary/aromatic N) is 1. The Morgan fingerprint density at radius 1 is 1.09 bits per heavy atom. The standard InChI is InChI=1S/C18H17N3O2/c1-12-16(5-6-17(12)22)20-15-4-2-3-13(11-15)18(23)21-14-7-9-19-10-8-14/h2-4,7-11,20H,5-6H2,1H3,(H,19,21,23). The van der Waals surface area contributed by atoms with Crippen molar-refractivity contribution in [2.24, 2.45) is 0 Å². The van der Waals surface area contributed by atoms with Crippen molar-refractivity contribution in [1.29, 1.82) is 0 Å². The third-order valence-corrected chi connectivity index (χ3v) is 3.83. The Kier molecular flexibility index (Phi) is 4.19. The summed E-state index contributed by atoms with van der Waals surface area (Å²) in [6.45, 7) is 1.83. The van der Waals surface area contributed by atoms with E-state index in [1.54, 1.807) is 36.7 Å². The highest BCUT2D eigenvalue weighted by atomic mass is 16.1. The minimum absolute atomic E-state index is 0.180. The first-order valence-corrected chi connectivity index (χ1v) is 7.45. The summed E-state index contributed by atoms with van der Waals surface area (Å²) in [4.78, 5) is 27.8. The second kappa shape index (κ2) is 6.44. The molecule has 0 atom stereocenters. The highest BCUT2D eigenvalue weighted by molar-refractivity contribution is 6.05. The first kappa shape index (κ1) is 15.0. The van der Waals surface area contributed by atoms with E-state index in [0.29, 0.717) is 17.7 Å². The summed E-state index contributed by atoms with van der Waals surface area (Å²) in [7, 11) is 0. The molecule has 0 aliphatic heterocycles. The average molecular weight is 307 g/mol. The summed E-state index contributed by atoms with van der Waals surface area (Å²) >= 11 is 0. The van der Waals surface area contributed by atoms with Gasteiger partial charge in [0.2, 0.25) is 0 Å². The van der Waals surface area contributed by atoms with Crippen LogP contribution in [0.5, 0.6) is 0 Å². The molecule has 0 saturated carbocycles. The van der Waals surface area contributed by atoms with Crippen LogP contribution in [0.3, 0.4) is 0 Å². The lowest BCUT2D eigenvalue weighted by molar-refractivity contribution is -0.114. The van der Waals surface area contributed by atoms with Crippen molar-refractivity contribution in [2.45, 2.75) is 19.8 Å². The Balaban J connectivity index is 1.75. The van der Waals surface area contributed by atoms with Gasteiger partial charge in [-0.3, -0.25) is 14.6 Å². The van der Waals surface area contributed by atoms with Crippen LogP contribution in [0.4, 0.5) is 11.4 Å². The topological polar surface area (TPSA) is 71.1 Å². The monoisotopic (exact) mass is 307 g/mol. The van der Waals surface area contributed by atoms with Gasteiger partial charge in [0, 0.05) is 47.0 Å². The molecule has 0 saturated heterocycles. The van der Waals surface area contributed by atoms with Crippen molar-refractivity contribution in [3.05, 3.63) is 65.6 Å². The van der Waals surface area contributed by atoms with Crippen LogP contribution in [-0.4, -0.2) is 16.7 Å². The van der Waals surface area contributed by atoms with E-state index in [-0.39, 0.29) is 11.7 Å². The van der Waals surface area contributed by atoms with Gasteiger partial charge in [-0.05, 0) is 43.7 Å². The molecule has 0 bridgehead atoms. The largest absolute Gasteiger partial charge is 0.359 e. The second-order valence-electron chi connectivity index (χ2n) is 5.42. The number of hydrogen-bond donors (Lipinski definition) is 2. The smallest absolute Gasteiger partial charge is 0.255 e. The summed E-state index contributed by atoms with van der Waals surface area (Å²) in [5.41, 5.74) is 3.76. The van der Waals surface area contributed by atoms with E-state index in [9.17, 15) is 9.59 Å². The highest BCUT2D eigenvalue weighted by Gasteiger charge is 2.19. The fraction of sp³-hybridized carbons (Fsp3) is 0.167. The van der Waals surface area contributed by atoms with Crippen LogP contribution in [-0.2, 0) is 4.79 Å². The van der Waals surface area contributed by atoms with Gasteiger partial charge in [0.15, 0.2) is 5.78 Å². The normalized spacial score (nSPS) is 14.0. The third-order valence-electron chi connectivity index (χ3n) is 3.83. The molecular weight excluding hydrogens is 290 g/mol. The van der Waals surface area contributed by atoms with Crippen LogP contribution in [0.15, 0.2) is 60.1 Å². The predicted octanol–water partition coefficient (Wildman–Crippen LogP) is 3.38. The van der Waals surface area contributed by atoms with E-state index < -0.39 is 0 Å². The van der Waals surface area contributed by atoms with Crippen molar-refractivity contribution >= 4 is 23.1 Å². The van der Waals surface area contributed by atoms with Crippen molar-refractivity contribution in [3.63, 3.8) is 0 Å². The number of carbonyl (C=O) groups is 2. The highest BCUT2D eigenvalue weighted by Crippen LogP contribution is 2.24. The molecule has 1 aliphatic rings. The Morgan fingerprint density at radius 3 is 2.57 bits per heavy atom. The number of ketones is 1. The average Bonchev–Trinajstić information content (AvgIpc) is 2.88. The number of allylic oxidation sites excluding steroid dienone is 2. The molecule has 0 unspecified atom stereocenters. The van der Waals surface area contributed by atoms with Crippen molar-refractivity contribution in [1.82, 2.24) is 4.98 Å². The zero-order valence-electron chi connectivity index (χ0n) is 12.8. The Labute approximate surface area is 134 Å². The number of amides is 1. The van der Waals surface area contributed by atoms with Crippen molar-refractivity contribution < 1.29 is 9.59 Å². The molecule has 1 aromatic carbocycles. The molecule has 5 nitrogen and oxygen atoms in total. The summed E-state index contributed by atoms with van der Waals surface area (Å²) in [5.74, 6) is -0.00728. The van der Waals surface area contributed by atoms with Gasteiger partial charge in [0.25, 0.3) is 5.91 Å². The number of carbonyl (C=O) groups excluding carboxylic acids is 2. The first-order chi connectivity index (χ1) is 11.1. The lowest BCUT2D eigenvalue weighted by Crippen LogP contribution is -2.12. The van der Waals surface area contributed by atoms with Crippen LogP contribution in [0.2, 0.25) is 0 Å². The van der Waals surface area contributed by atoms with E-state index in [1.165, 1.54) is 0 Å². The molecule has 2 aromatic rings. The third kappa shape index (κ3) is 3.45. The second-order valence-corrected chi connectivity index (χ2v) is 5.42. The number of rotatable bonds is 4. The Hall–Kier alpha value is -2.95. The molecule has 23 heavy (non-hydrogen) atoms. The number of aromatic nitrogens is 1. The number of benzene rings is 1. The number of Topliss-reactive ketones (excluding diaryl/α,β-unsaturated/α-hetero) is 1. The van der Waals surface area contributed by atoms with Gasteiger partial charge in [-0.25, -0.2) is 0 Å². The van der Waals surface area contributed by atoms with Crippen LogP contribution in [0, 0.1) is 0 Å². The molecule has 5 heteroatoms. The zero-order chi connectivity index (χ0) is 16.2.